The first-order valence-electron chi connectivity index (χ1n) is 27.0. The summed E-state index contributed by atoms with van der Waals surface area (Å²) in [6.45, 7) is 19.6. The number of rotatable bonds is 22. The molecule has 0 radical (unpaired) electrons. The number of urea groups is 1. The van der Waals surface area contributed by atoms with Crippen LogP contribution in [0.4, 0.5) is 21.9 Å². The van der Waals surface area contributed by atoms with E-state index in [1.54, 1.807) is 84.0 Å². The van der Waals surface area contributed by atoms with Gasteiger partial charge in [0.05, 0.1) is 35.0 Å². The van der Waals surface area contributed by atoms with Gasteiger partial charge in [0.1, 0.15) is 40.9 Å². The molecule has 1 aliphatic heterocycles. The number of anilines is 3. The number of carbonyl (C=O) groups excluding carboxylic acids is 7. The third kappa shape index (κ3) is 17.7. The lowest BCUT2D eigenvalue weighted by Gasteiger charge is -2.29. The van der Waals surface area contributed by atoms with Crippen LogP contribution >= 0.6 is 11.6 Å². The molecule has 0 saturated carbocycles. The number of ketones is 2. The van der Waals surface area contributed by atoms with Crippen molar-refractivity contribution in [2.75, 3.05) is 29.7 Å². The van der Waals surface area contributed by atoms with Gasteiger partial charge in [0.25, 0.3) is 17.7 Å². The quantitative estimate of drug-likeness (QED) is 0.0282. The number of imide groups is 1. The summed E-state index contributed by atoms with van der Waals surface area (Å²) >= 11 is 4.56. The molecule has 1 saturated heterocycles. The van der Waals surface area contributed by atoms with Gasteiger partial charge < -0.3 is 44.4 Å². The number of nitrogens with zero attached hydrogens (tertiary/aromatic N) is 1. The van der Waals surface area contributed by atoms with Gasteiger partial charge in [-0.15, -0.1) is 0 Å². The summed E-state index contributed by atoms with van der Waals surface area (Å²) in [7, 11) is 1.46. The van der Waals surface area contributed by atoms with E-state index in [0.717, 1.165) is 28.0 Å². The minimum absolute atomic E-state index is 0.182. The Balaban J connectivity index is 0.000000338. The van der Waals surface area contributed by atoms with E-state index < -0.39 is 74.9 Å². The van der Waals surface area contributed by atoms with Crippen molar-refractivity contribution in [2.24, 2.45) is 10.8 Å². The molecule has 20 heteroatoms. The minimum atomic E-state index is -1.87. The van der Waals surface area contributed by atoms with Crippen LogP contribution in [0.2, 0.25) is 5.02 Å². The summed E-state index contributed by atoms with van der Waals surface area (Å²) in [4.78, 5) is 92.2. The number of methoxy groups -OCH3 is 1. The fourth-order valence-electron chi connectivity index (χ4n) is 8.24. The Morgan fingerprint density at radius 1 is 0.667 bits per heavy atom. The molecule has 18 nitrogen and oxygen atoms in total. The van der Waals surface area contributed by atoms with Gasteiger partial charge in [0.2, 0.25) is 23.1 Å². The molecule has 1 fully saturated rings. The SMILES string of the molecule is COc1ccc(C)cc1NC(=O)C(C(=O)C(C)(C)C)N1C(=O)NC(C)(C)C1=O.Cc1ccc(OCCCC(=O)Nc2ccc(Cl)c(NC(=O)C(Oc3ccc(S(=O)Oc4ccc(OCc5ccccc5)cc4)cc3)C(=O)C(C)(C)C)c2)c(C)c1. The molecule has 7 rings (SSSR count). The number of Topliss-reactive ketones (excluding diaryl/α,β-unsaturated/α-hetero) is 2. The molecule has 444 valence electrons. The number of amides is 6. The molecule has 6 aromatic rings. The zero-order valence-electron chi connectivity index (χ0n) is 49.2. The van der Waals surface area contributed by atoms with E-state index in [2.05, 4.69) is 21.3 Å². The second-order valence-corrected chi connectivity index (χ2v) is 24.1. The number of aryl methyl sites for hydroxylation is 3. The van der Waals surface area contributed by atoms with Crippen molar-refractivity contribution >= 4 is 81.0 Å². The predicted molar refractivity (Wildman–Crippen MR) is 323 cm³/mol. The standard InChI is InChI=1S/C44H45ClN2O8S.C20H27N3O5/c1-29-13-24-39(30(2)26-29)52-25-9-12-40(48)46-32-14-23-37(45)38(27-32)47-43(50)41(42(49)44(3,4)5)54-34-19-21-36(22-20-34)56(51)55-35-17-15-33(16-18-35)53-28-31-10-7-6-8-11-31;1-11-8-9-13(28-7)12(10-11)21-16(25)14(15(24)19(2,3)4)23-17(26)20(5,6)22-18(23)27/h6-8,10-11,13-24,26-27,41H,9,12,25,28H2,1-5H3,(H,46,48)(H,47,50);8-10,14H,1-7H3,(H,21,25)(H,22,27). The van der Waals surface area contributed by atoms with E-state index in [9.17, 15) is 37.8 Å². The Morgan fingerprint density at radius 3 is 1.86 bits per heavy atom. The molecule has 4 N–H and O–H groups in total. The predicted octanol–water partition coefficient (Wildman–Crippen LogP) is 11.7. The summed E-state index contributed by atoms with van der Waals surface area (Å²) in [6, 6.07) is 36.0. The second-order valence-electron chi connectivity index (χ2n) is 22.5. The van der Waals surface area contributed by atoms with Crippen molar-refractivity contribution in [3.05, 3.63) is 161 Å². The number of carbonyl (C=O) groups is 7. The monoisotopic (exact) mass is 1190 g/mol. The number of nitrogens with one attached hydrogen (secondary N) is 4. The normalized spacial score (nSPS) is 13.8. The summed E-state index contributed by atoms with van der Waals surface area (Å²) < 4.78 is 41.5. The molecule has 6 aromatic carbocycles. The van der Waals surface area contributed by atoms with Crippen LogP contribution in [0.25, 0.3) is 0 Å². The Morgan fingerprint density at radius 2 is 1.26 bits per heavy atom. The Labute approximate surface area is 497 Å². The number of ether oxygens (including phenoxy) is 4. The van der Waals surface area contributed by atoms with Crippen LogP contribution in [0, 0.1) is 31.6 Å². The molecule has 0 bridgehead atoms. The van der Waals surface area contributed by atoms with Crippen molar-refractivity contribution in [2.45, 2.75) is 118 Å². The fourth-order valence-corrected chi connectivity index (χ4v) is 9.15. The van der Waals surface area contributed by atoms with Gasteiger partial charge in [-0.25, -0.2) is 13.9 Å². The minimum Gasteiger partial charge on any atom is -0.495 e. The van der Waals surface area contributed by atoms with Crippen molar-refractivity contribution in [1.82, 2.24) is 10.2 Å². The fraction of sp³-hybridized carbons (Fsp3) is 0.328. The number of benzene rings is 6. The number of hydrogen-bond acceptors (Lipinski definition) is 13. The van der Waals surface area contributed by atoms with Gasteiger partial charge in [-0.3, -0.25) is 28.8 Å². The van der Waals surface area contributed by atoms with Gasteiger partial charge in [0, 0.05) is 22.9 Å². The van der Waals surface area contributed by atoms with Crippen LogP contribution in [0.5, 0.6) is 28.7 Å². The molecule has 3 atom stereocenters. The van der Waals surface area contributed by atoms with Crippen molar-refractivity contribution < 1.29 is 60.9 Å². The average Bonchev–Trinajstić information content (AvgIpc) is 3.94. The van der Waals surface area contributed by atoms with E-state index in [1.807, 2.05) is 75.4 Å². The molecular weight excluding hydrogens is 1110 g/mol. The third-order valence-corrected chi connectivity index (χ3v) is 14.2. The summed E-state index contributed by atoms with van der Waals surface area (Å²) in [5.41, 5.74) is 1.93. The Kier molecular flexibility index (Phi) is 21.7. The summed E-state index contributed by atoms with van der Waals surface area (Å²) in [5, 5.41) is 10.9. The van der Waals surface area contributed by atoms with Crippen LogP contribution in [-0.2, 0) is 46.5 Å². The van der Waals surface area contributed by atoms with E-state index >= 15 is 0 Å². The zero-order chi connectivity index (χ0) is 61.7. The summed E-state index contributed by atoms with van der Waals surface area (Å²) in [6.07, 6.45) is -0.855. The van der Waals surface area contributed by atoms with Gasteiger partial charge in [-0.2, -0.15) is 0 Å². The Hall–Kier alpha value is -8.55. The highest BCUT2D eigenvalue weighted by molar-refractivity contribution is 7.80. The molecule has 1 aliphatic rings. The van der Waals surface area contributed by atoms with Crippen LogP contribution in [0.15, 0.2) is 138 Å². The first kappa shape index (κ1) is 64.6. The van der Waals surface area contributed by atoms with Crippen LogP contribution in [0.3, 0.4) is 0 Å². The van der Waals surface area contributed by atoms with E-state index in [4.69, 9.17) is 34.7 Å². The summed E-state index contributed by atoms with van der Waals surface area (Å²) in [5.74, 6) is -1.04. The lowest BCUT2D eigenvalue weighted by atomic mass is 9.85. The highest BCUT2D eigenvalue weighted by Crippen LogP contribution is 2.32. The maximum atomic E-state index is 13.6. The van der Waals surface area contributed by atoms with Crippen molar-refractivity contribution in [1.29, 1.82) is 0 Å². The number of halogens is 1. The first-order valence-corrected chi connectivity index (χ1v) is 28.4. The van der Waals surface area contributed by atoms with Gasteiger partial charge in [-0.05, 0) is 143 Å². The van der Waals surface area contributed by atoms with Gasteiger partial charge in [-0.1, -0.05) is 107 Å². The van der Waals surface area contributed by atoms with Gasteiger partial charge in [0.15, 0.2) is 17.6 Å². The lowest BCUT2D eigenvalue weighted by molar-refractivity contribution is -0.144. The molecule has 0 aliphatic carbocycles. The van der Waals surface area contributed by atoms with Crippen LogP contribution in [-0.4, -0.2) is 81.7 Å². The maximum Gasteiger partial charge on any atom is 0.326 e. The lowest BCUT2D eigenvalue weighted by Crippen LogP contribution is -2.55. The molecule has 0 spiro atoms. The Bertz CT molecular complexity index is 3400. The molecule has 84 heavy (non-hydrogen) atoms. The molecule has 0 aromatic heterocycles. The third-order valence-electron chi connectivity index (χ3n) is 12.9. The largest absolute Gasteiger partial charge is 0.495 e. The van der Waals surface area contributed by atoms with Crippen molar-refractivity contribution in [3.8, 4) is 28.7 Å². The van der Waals surface area contributed by atoms with E-state index in [0.29, 0.717) is 58.1 Å². The average molecular weight is 1190 g/mol. The topological polar surface area (TPSA) is 234 Å². The second kappa shape index (κ2) is 28.1. The maximum absolute atomic E-state index is 13.6. The van der Waals surface area contributed by atoms with Crippen LogP contribution < -0.4 is 44.4 Å². The van der Waals surface area contributed by atoms with E-state index in [-0.39, 0.29) is 28.8 Å². The number of hydrogen-bond donors (Lipinski definition) is 4. The smallest absolute Gasteiger partial charge is 0.326 e. The molecule has 3 unspecified atom stereocenters. The van der Waals surface area contributed by atoms with Gasteiger partial charge >= 0.3 is 6.03 Å². The highest BCUT2D eigenvalue weighted by Gasteiger charge is 2.53. The van der Waals surface area contributed by atoms with E-state index in [1.165, 1.54) is 57.4 Å². The van der Waals surface area contributed by atoms with Crippen LogP contribution in [0.1, 0.15) is 90.5 Å². The zero-order valence-corrected chi connectivity index (χ0v) is 50.8. The highest BCUT2D eigenvalue weighted by atomic mass is 35.5. The van der Waals surface area contributed by atoms with Crippen molar-refractivity contribution in [3.63, 3.8) is 0 Å². The first-order chi connectivity index (χ1) is 39.5. The molecule has 1 heterocycles. The molecular formula is C64H72ClN5O13S. The molecule has 6 amide bonds.